The van der Waals surface area contributed by atoms with Crippen molar-refractivity contribution in [2.24, 2.45) is 0 Å². The van der Waals surface area contributed by atoms with Gasteiger partial charge in [-0.15, -0.1) is 0 Å². The Kier molecular flexibility index (Phi) is 9.19. The lowest BCUT2D eigenvalue weighted by Crippen LogP contribution is -2.52. The minimum Gasteiger partial charge on any atom is -0.352 e. The Labute approximate surface area is 213 Å². The summed E-state index contributed by atoms with van der Waals surface area (Å²) in [4.78, 5) is 28.1. The summed E-state index contributed by atoms with van der Waals surface area (Å²) in [5, 5.41) is 3.60. The summed E-state index contributed by atoms with van der Waals surface area (Å²) in [6.45, 7) is 3.30. The first-order chi connectivity index (χ1) is 16.5. The van der Waals surface area contributed by atoms with Crippen LogP contribution in [0.2, 0.25) is 5.02 Å². The van der Waals surface area contributed by atoms with Crippen LogP contribution in [0.15, 0.2) is 48.5 Å². The molecule has 0 unspecified atom stereocenters. The molecule has 0 aromatic heterocycles. The molecule has 1 aliphatic rings. The minimum absolute atomic E-state index is 0.0990. The molecule has 1 saturated carbocycles. The van der Waals surface area contributed by atoms with Crippen LogP contribution in [-0.4, -0.2) is 50.0 Å². The molecule has 2 aromatic carbocycles. The Bertz CT molecular complexity index is 1130. The van der Waals surface area contributed by atoms with E-state index >= 15 is 0 Å². The smallest absolute Gasteiger partial charge is 0.244 e. The van der Waals surface area contributed by atoms with Crippen molar-refractivity contribution in [1.29, 1.82) is 0 Å². The van der Waals surface area contributed by atoms with E-state index < -0.39 is 28.5 Å². The number of hydrogen-bond acceptors (Lipinski definition) is 4. The maximum atomic E-state index is 13.6. The number of carbonyl (C=O) groups excluding carboxylic acids is 2. The molecule has 0 saturated heterocycles. The van der Waals surface area contributed by atoms with Crippen LogP contribution in [0.25, 0.3) is 0 Å². The molecule has 1 fully saturated rings. The third kappa shape index (κ3) is 7.70. The second kappa shape index (κ2) is 11.9. The molecule has 3 rings (SSSR count). The molecule has 0 heterocycles. The van der Waals surface area contributed by atoms with E-state index in [-0.39, 0.29) is 18.5 Å². The number of nitrogens with zero attached hydrogens (tertiary/aromatic N) is 2. The third-order valence-corrected chi connectivity index (χ3v) is 7.74. The van der Waals surface area contributed by atoms with Crippen LogP contribution < -0.4 is 9.62 Å². The highest BCUT2D eigenvalue weighted by Gasteiger charge is 2.31. The van der Waals surface area contributed by atoms with Gasteiger partial charge in [-0.05, 0) is 56.5 Å². The standard InChI is InChI=1S/C26H34ClN3O4S/c1-19-12-14-24(15-13-19)30(35(3,33)34)18-25(31)29(17-21-8-7-9-22(27)16-21)20(2)26(32)28-23-10-5-4-6-11-23/h7-9,12-16,20,23H,4-6,10-11,17-18H2,1-3H3,(H,28,32)/t20-/m1/s1. The molecule has 0 bridgehead atoms. The van der Waals surface area contributed by atoms with Gasteiger partial charge in [0.05, 0.1) is 11.9 Å². The molecule has 0 aliphatic heterocycles. The fourth-order valence-electron chi connectivity index (χ4n) is 4.31. The average molecular weight is 520 g/mol. The Morgan fingerprint density at radius 3 is 2.34 bits per heavy atom. The number of carbonyl (C=O) groups is 2. The zero-order chi connectivity index (χ0) is 25.6. The average Bonchev–Trinajstić information content (AvgIpc) is 2.81. The van der Waals surface area contributed by atoms with Gasteiger partial charge in [0, 0.05) is 17.6 Å². The van der Waals surface area contributed by atoms with E-state index in [0.29, 0.717) is 10.7 Å². The van der Waals surface area contributed by atoms with E-state index in [0.717, 1.165) is 47.4 Å². The second-order valence-corrected chi connectivity index (χ2v) is 11.6. The molecule has 2 amide bonds. The van der Waals surface area contributed by atoms with E-state index in [2.05, 4.69) is 5.32 Å². The number of rotatable bonds is 9. The van der Waals surface area contributed by atoms with Gasteiger partial charge in [0.2, 0.25) is 21.8 Å². The number of nitrogens with one attached hydrogen (secondary N) is 1. The molecule has 9 heteroatoms. The lowest BCUT2D eigenvalue weighted by molar-refractivity contribution is -0.139. The highest BCUT2D eigenvalue weighted by atomic mass is 35.5. The maximum Gasteiger partial charge on any atom is 0.244 e. The van der Waals surface area contributed by atoms with Gasteiger partial charge in [-0.3, -0.25) is 13.9 Å². The highest BCUT2D eigenvalue weighted by molar-refractivity contribution is 7.92. The Balaban J connectivity index is 1.86. The summed E-state index contributed by atoms with van der Waals surface area (Å²) in [6.07, 6.45) is 6.24. The van der Waals surface area contributed by atoms with Crippen LogP contribution >= 0.6 is 11.6 Å². The number of halogens is 1. The highest BCUT2D eigenvalue weighted by Crippen LogP contribution is 2.21. The summed E-state index contributed by atoms with van der Waals surface area (Å²) in [7, 11) is -3.74. The molecule has 1 atom stereocenters. The van der Waals surface area contributed by atoms with Crippen LogP contribution in [0.3, 0.4) is 0 Å². The number of hydrogen-bond donors (Lipinski definition) is 1. The Morgan fingerprint density at radius 2 is 1.74 bits per heavy atom. The summed E-state index contributed by atoms with van der Waals surface area (Å²) in [5.74, 6) is -0.712. The molecular formula is C26H34ClN3O4S. The fraction of sp³-hybridized carbons (Fsp3) is 0.462. The van der Waals surface area contributed by atoms with Crippen LogP contribution in [0.4, 0.5) is 5.69 Å². The predicted molar refractivity (Wildman–Crippen MR) is 140 cm³/mol. The lowest BCUT2D eigenvalue weighted by Gasteiger charge is -2.33. The lowest BCUT2D eigenvalue weighted by atomic mass is 9.95. The SMILES string of the molecule is Cc1ccc(N(CC(=O)N(Cc2cccc(Cl)c2)[C@H](C)C(=O)NC2CCCCC2)S(C)(=O)=O)cc1. The molecule has 190 valence electrons. The van der Waals surface area contributed by atoms with Gasteiger partial charge in [0.1, 0.15) is 12.6 Å². The fourth-order valence-corrected chi connectivity index (χ4v) is 5.37. The molecule has 7 nitrogen and oxygen atoms in total. The maximum absolute atomic E-state index is 13.6. The second-order valence-electron chi connectivity index (χ2n) is 9.28. The van der Waals surface area contributed by atoms with Crippen molar-refractivity contribution in [2.45, 2.75) is 64.6 Å². The van der Waals surface area contributed by atoms with Crippen molar-refractivity contribution in [2.75, 3.05) is 17.1 Å². The molecule has 0 spiro atoms. The zero-order valence-corrected chi connectivity index (χ0v) is 22.1. The van der Waals surface area contributed by atoms with E-state index in [1.807, 2.05) is 13.0 Å². The Hall–Kier alpha value is -2.58. The summed E-state index contributed by atoms with van der Waals surface area (Å²) in [6, 6.07) is 13.3. The summed E-state index contributed by atoms with van der Waals surface area (Å²) in [5.41, 5.74) is 2.13. The zero-order valence-electron chi connectivity index (χ0n) is 20.5. The van der Waals surface area contributed by atoms with Gasteiger partial charge >= 0.3 is 0 Å². The Morgan fingerprint density at radius 1 is 1.09 bits per heavy atom. The quantitative estimate of drug-likeness (QED) is 0.535. The van der Waals surface area contributed by atoms with E-state index in [9.17, 15) is 18.0 Å². The molecule has 35 heavy (non-hydrogen) atoms. The minimum atomic E-state index is -3.74. The first-order valence-electron chi connectivity index (χ1n) is 11.9. The van der Waals surface area contributed by atoms with Crippen molar-refractivity contribution in [3.05, 3.63) is 64.7 Å². The van der Waals surface area contributed by atoms with E-state index in [1.54, 1.807) is 49.4 Å². The van der Waals surface area contributed by atoms with Gasteiger partial charge in [-0.25, -0.2) is 8.42 Å². The normalized spacial score (nSPS) is 15.3. The molecule has 0 radical (unpaired) electrons. The predicted octanol–water partition coefficient (Wildman–Crippen LogP) is 4.28. The largest absolute Gasteiger partial charge is 0.352 e. The first-order valence-corrected chi connectivity index (χ1v) is 14.2. The molecular weight excluding hydrogens is 486 g/mol. The van der Waals surface area contributed by atoms with Crippen LogP contribution in [-0.2, 0) is 26.2 Å². The van der Waals surface area contributed by atoms with Gasteiger partial charge in [-0.1, -0.05) is 60.7 Å². The molecule has 1 aliphatic carbocycles. The van der Waals surface area contributed by atoms with Gasteiger partial charge in [-0.2, -0.15) is 0 Å². The van der Waals surface area contributed by atoms with Gasteiger partial charge < -0.3 is 10.2 Å². The number of sulfonamides is 1. The van der Waals surface area contributed by atoms with Crippen molar-refractivity contribution < 1.29 is 18.0 Å². The van der Waals surface area contributed by atoms with Crippen LogP contribution in [0.5, 0.6) is 0 Å². The van der Waals surface area contributed by atoms with E-state index in [4.69, 9.17) is 11.6 Å². The molecule has 1 N–H and O–H groups in total. The van der Waals surface area contributed by atoms with Crippen LogP contribution in [0, 0.1) is 6.92 Å². The van der Waals surface area contributed by atoms with Crippen molar-refractivity contribution in [1.82, 2.24) is 10.2 Å². The summed E-state index contributed by atoms with van der Waals surface area (Å²) < 4.78 is 26.3. The van der Waals surface area contributed by atoms with Crippen LogP contribution in [0.1, 0.15) is 50.2 Å². The first kappa shape index (κ1) is 27.0. The number of benzene rings is 2. The van der Waals surface area contributed by atoms with Crippen molar-refractivity contribution in [3.63, 3.8) is 0 Å². The van der Waals surface area contributed by atoms with Crippen molar-refractivity contribution in [3.8, 4) is 0 Å². The number of anilines is 1. The molecule has 2 aromatic rings. The number of amides is 2. The van der Waals surface area contributed by atoms with Gasteiger partial charge in [0.25, 0.3) is 0 Å². The monoisotopic (exact) mass is 519 g/mol. The van der Waals surface area contributed by atoms with Gasteiger partial charge in [0.15, 0.2) is 0 Å². The van der Waals surface area contributed by atoms with Crippen molar-refractivity contribution >= 4 is 39.1 Å². The summed E-state index contributed by atoms with van der Waals surface area (Å²) >= 11 is 6.15. The topological polar surface area (TPSA) is 86.8 Å². The van der Waals surface area contributed by atoms with E-state index in [1.165, 1.54) is 11.3 Å². The number of aryl methyl sites for hydroxylation is 1. The third-order valence-electron chi connectivity index (χ3n) is 6.36.